The van der Waals surface area contributed by atoms with Crippen molar-refractivity contribution >= 4 is 23.9 Å². The predicted octanol–water partition coefficient (Wildman–Crippen LogP) is 3.32. The Balaban J connectivity index is 1.85. The second-order valence-corrected chi connectivity index (χ2v) is 12.0. The van der Waals surface area contributed by atoms with Crippen LogP contribution in [0.4, 0.5) is 4.79 Å². The number of piperazine rings is 1. The number of hydroxylamine groups is 2. The van der Waals surface area contributed by atoms with E-state index in [2.05, 4.69) is 22.1 Å². The molecule has 0 radical (unpaired) electrons. The highest BCUT2D eigenvalue weighted by molar-refractivity contribution is 5.97. The minimum Gasteiger partial charge on any atom is -0.460 e. The van der Waals surface area contributed by atoms with Gasteiger partial charge in [-0.1, -0.05) is 42.2 Å². The van der Waals surface area contributed by atoms with Crippen LogP contribution in [0, 0.1) is 11.8 Å². The number of hydrogen-bond acceptors (Lipinski definition) is 10. The standard InChI is InChI=1S/C33H42N4O8/c1-7-43-31(41)45-37-19-17-36(18-20-37)30(40)25(13-14-28(38)44-32(2,3)4)35-29(39)27-22-23(15-16-33(5,6)42)21-26(34-27)24-11-9-8-10-12-24/h8-12,21-22,25,42H,7,13-14,17-20H2,1-6H3,(H,35,39)/t25-/m0/s1. The summed E-state index contributed by atoms with van der Waals surface area (Å²) in [5.74, 6) is 4.11. The van der Waals surface area contributed by atoms with Gasteiger partial charge in [-0.05, 0) is 60.1 Å². The van der Waals surface area contributed by atoms with Gasteiger partial charge in [0.05, 0.1) is 25.4 Å². The van der Waals surface area contributed by atoms with Gasteiger partial charge < -0.3 is 29.6 Å². The molecule has 242 valence electrons. The Hall–Kier alpha value is -4.47. The largest absolute Gasteiger partial charge is 0.527 e. The number of pyridine rings is 1. The van der Waals surface area contributed by atoms with Crippen molar-refractivity contribution in [3.8, 4) is 23.1 Å². The monoisotopic (exact) mass is 622 g/mol. The zero-order valence-corrected chi connectivity index (χ0v) is 26.7. The van der Waals surface area contributed by atoms with E-state index in [1.807, 2.05) is 30.3 Å². The highest BCUT2D eigenvalue weighted by Gasteiger charge is 2.31. The van der Waals surface area contributed by atoms with Gasteiger partial charge in [-0.2, -0.15) is 0 Å². The molecule has 1 aliphatic rings. The van der Waals surface area contributed by atoms with E-state index in [9.17, 15) is 24.3 Å². The van der Waals surface area contributed by atoms with Gasteiger partial charge >= 0.3 is 12.1 Å². The minimum absolute atomic E-state index is 0.0111. The molecule has 12 heteroatoms. The van der Waals surface area contributed by atoms with Crippen LogP contribution in [0.25, 0.3) is 11.3 Å². The van der Waals surface area contributed by atoms with Gasteiger partial charge in [0.1, 0.15) is 22.9 Å². The summed E-state index contributed by atoms with van der Waals surface area (Å²) in [5.41, 5.74) is -0.276. The maximum atomic E-state index is 13.7. The lowest BCUT2D eigenvalue weighted by atomic mass is 10.1. The molecular formula is C33H42N4O8. The summed E-state index contributed by atoms with van der Waals surface area (Å²) in [6.45, 7) is 11.1. The number of aromatic nitrogens is 1. The molecule has 12 nitrogen and oxygen atoms in total. The van der Waals surface area contributed by atoms with Crippen LogP contribution in [-0.2, 0) is 23.9 Å². The Labute approximate surface area is 264 Å². The van der Waals surface area contributed by atoms with Gasteiger partial charge in [-0.3, -0.25) is 14.4 Å². The summed E-state index contributed by atoms with van der Waals surface area (Å²) < 4.78 is 10.2. The number of carbonyl (C=O) groups is 4. The normalized spacial score (nSPS) is 14.4. The van der Waals surface area contributed by atoms with Crippen molar-refractivity contribution in [2.75, 3.05) is 32.8 Å². The lowest BCUT2D eigenvalue weighted by Crippen LogP contribution is -2.55. The first-order valence-corrected chi connectivity index (χ1v) is 14.9. The van der Waals surface area contributed by atoms with Gasteiger partial charge in [0.25, 0.3) is 5.91 Å². The molecule has 2 aromatic rings. The van der Waals surface area contributed by atoms with Crippen molar-refractivity contribution < 1.29 is 38.6 Å². The van der Waals surface area contributed by atoms with Crippen LogP contribution in [0.3, 0.4) is 0 Å². The van der Waals surface area contributed by atoms with Crippen LogP contribution in [0.15, 0.2) is 42.5 Å². The summed E-state index contributed by atoms with van der Waals surface area (Å²) in [4.78, 5) is 62.8. The zero-order valence-electron chi connectivity index (χ0n) is 26.7. The third-order valence-electron chi connectivity index (χ3n) is 6.32. The SMILES string of the molecule is CCOC(=O)ON1CCN(C(=O)[C@H](CCC(=O)OC(C)(C)C)NC(=O)c2cc(C#CC(C)(C)O)cc(-c3ccccc3)n2)CC1. The Morgan fingerprint density at radius 2 is 1.69 bits per heavy atom. The highest BCUT2D eigenvalue weighted by Crippen LogP contribution is 2.20. The van der Waals surface area contributed by atoms with Crippen molar-refractivity contribution in [1.82, 2.24) is 20.3 Å². The Bertz CT molecular complexity index is 1410. The average Bonchev–Trinajstić information content (AvgIpc) is 2.97. The van der Waals surface area contributed by atoms with E-state index in [1.54, 1.807) is 52.5 Å². The fourth-order valence-corrected chi connectivity index (χ4v) is 4.32. The lowest BCUT2D eigenvalue weighted by molar-refractivity contribution is -0.158. The number of esters is 1. The van der Waals surface area contributed by atoms with Crippen molar-refractivity contribution in [2.24, 2.45) is 0 Å². The molecule has 0 unspecified atom stereocenters. The minimum atomic E-state index is -1.26. The van der Waals surface area contributed by atoms with Crippen LogP contribution in [0.5, 0.6) is 0 Å². The van der Waals surface area contributed by atoms with Crippen LogP contribution >= 0.6 is 0 Å². The highest BCUT2D eigenvalue weighted by atomic mass is 16.8. The molecule has 2 amide bonds. The molecule has 1 saturated heterocycles. The van der Waals surface area contributed by atoms with Crippen LogP contribution in [0.2, 0.25) is 0 Å². The molecule has 1 aromatic carbocycles. The fourth-order valence-electron chi connectivity index (χ4n) is 4.32. The topological polar surface area (TPSA) is 148 Å². The molecule has 45 heavy (non-hydrogen) atoms. The summed E-state index contributed by atoms with van der Waals surface area (Å²) >= 11 is 0. The number of carbonyl (C=O) groups excluding carboxylic acids is 4. The van der Waals surface area contributed by atoms with Crippen molar-refractivity contribution in [2.45, 2.75) is 71.6 Å². The summed E-state index contributed by atoms with van der Waals surface area (Å²) in [7, 11) is 0. The van der Waals surface area contributed by atoms with Crippen LogP contribution < -0.4 is 5.32 Å². The third-order valence-corrected chi connectivity index (χ3v) is 6.32. The number of hydrogen-bond donors (Lipinski definition) is 2. The number of rotatable bonds is 9. The van der Waals surface area contributed by atoms with Gasteiger partial charge in [0.15, 0.2) is 0 Å². The number of nitrogens with one attached hydrogen (secondary N) is 1. The number of ether oxygens (including phenoxy) is 2. The smallest absolute Gasteiger partial charge is 0.460 e. The van der Waals surface area contributed by atoms with Gasteiger partial charge in [0.2, 0.25) is 5.91 Å². The molecule has 1 aliphatic heterocycles. The quantitative estimate of drug-likeness (QED) is 0.315. The van der Waals surface area contributed by atoms with Gasteiger partial charge in [0, 0.05) is 30.6 Å². The molecule has 2 heterocycles. The number of benzene rings is 1. The van der Waals surface area contributed by atoms with E-state index < -0.39 is 41.2 Å². The first-order chi connectivity index (χ1) is 21.1. The Morgan fingerprint density at radius 3 is 2.29 bits per heavy atom. The van der Waals surface area contributed by atoms with Crippen LogP contribution in [0.1, 0.15) is 70.4 Å². The Morgan fingerprint density at radius 1 is 1.02 bits per heavy atom. The van der Waals surface area contributed by atoms with E-state index in [-0.39, 0.29) is 51.3 Å². The van der Waals surface area contributed by atoms with Crippen molar-refractivity contribution in [3.05, 3.63) is 53.7 Å². The van der Waals surface area contributed by atoms with Gasteiger partial charge in [-0.15, -0.1) is 5.06 Å². The van der Waals surface area contributed by atoms with E-state index in [0.29, 0.717) is 11.3 Å². The predicted molar refractivity (Wildman–Crippen MR) is 165 cm³/mol. The van der Waals surface area contributed by atoms with E-state index in [1.165, 1.54) is 11.1 Å². The number of amides is 2. The van der Waals surface area contributed by atoms with Gasteiger partial charge in [-0.25, -0.2) is 9.78 Å². The zero-order chi connectivity index (χ0) is 33.2. The van der Waals surface area contributed by atoms with E-state index >= 15 is 0 Å². The maximum Gasteiger partial charge on any atom is 0.527 e. The molecular weight excluding hydrogens is 580 g/mol. The average molecular weight is 623 g/mol. The van der Waals surface area contributed by atoms with Crippen molar-refractivity contribution in [1.29, 1.82) is 0 Å². The molecule has 1 aromatic heterocycles. The second-order valence-electron chi connectivity index (χ2n) is 12.0. The summed E-state index contributed by atoms with van der Waals surface area (Å²) in [6, 6.07) is 11.4. The molecule has 0 aliphatic carbocycles. The third kappa shape index (κ3) is 11.9. The maximum absolute atomic E-state index is 13.7. The second kappa shape index (κ2) is 15.5. The van der Waals surface area contributed by atoms with Crippen LogP contribution in [-0.4, -0.2) is 94.0 Å². The number of aliphatic hydroxyl groups is 1. The lowest BCUT2D eigenvalue weighted by Gasteiger charge is -2.35. The summed E-state index contributed by atoms with van der Waals surface area (Å²) in [5, 5.41) is 14.3. The van der Waals surface area contributed by atoms with Crippen molar-refractivity contribution in [3.63, 3.8) is 0 Å². The first kappa shape index (κ1) is 35.0. The number of nitrogens with zero attached hydrogens (tertiary/aromatic N) is 3. The fraction of sp³-hybridized carbons (Fsp3) is 0.485. The van der Waals surface area contributed by atoms with E-state index in [4.69, 9.17) is 14.3 Å². The molecule has 0 bridgehead atoms. The molecule has 3 rings (SSSR count). The summed E-state index contributed by atoms with van der Waals surface area (Å²) in [6.07, 6.45) is -0.945. The molecule has 2 N–H and O–H groups in total. The molecule has 0 saturated carbocycles. The molecule has 1 fully saturated rings. The Kier molecular flexibility index (Phi) is 12.1. The first-order valence-electron chi connectivity index (χ1n) is 14.9. The van der Waals surface area contributed by atoms with E-state index in [0.717, 1.165) is 5.56 Å². The molecule has 1 atom stereocenters. The molecule has 0 spiro atoms.